The number of para-hydroxylation sites is 1. The molecule has 1 aromatic rings. The summed E-state index contributed by atoms with van der Waals surface area (Å²) >= 11 is 0. The summed E-state index contributed by atoms with van der Waals surface area (Å²) in [5, 5.41) is 0. The molecule has 2 N–H and O–H groups in total. The van der Waals surface area contributed by atoms with Crippen LogP contribution in [0.3, 0.4) is 0 Å². The van der Waals surface area contributed by atoms with Crippen LogP contribution in [0.15, 0.2) is 24.3 Å². The van der Waals surface area contributed by atoms with Gasteiger partial charge in [-0.05, 0) is 37.6 Å². The van der Waals surface area contributed by atoms with Gasteiger partial charge in [0.2, 0.25) is 5.91 Å². The molecule has 1 unspecified atom stereocenters. The summed E-state index contributed by atoms with van der Waals surface area (Å²) < 4.78 is 0. The Labute approximate surface area is 115 Å². The van der Waals surface area contributed by atoms with Crippen molar-refractivity contribution in [1.29, 1.82) is 0 Å². The first-order chi connectivity index (χ1) is 9.06. The molecule has 0 radical (unpaired) electrons. The highest BCUT2D eigenvalue weighted by Gasteiger charge is 2.22. The van der Waals surface area contributed by atoms with E-state index in [-0.39, 0.29) is 5.91 Å². The van der Waals surface area contributed by atoms with Gasteiger partial charge in [-0.15, -0.1) is 0 Å². The van der Waals surface area contributed by atoms with Crippen molar-refractivity contribution in [3.63, 3.8) is 0 Å². The van der Waals surface area contributed by atoms with Gasteiger partial charge in [0.15, 0.2) is 0 Å². The first kappa shape index (κ1) is 13.9. The first-order valence-corrected chi connectivity index (χ1v) is 6.82. The van der Waals surface area contributed by atoms with Crippen LogP contribution in [0.5, 0.6) is 0 Å². The first-order valence-electron chi connectivity index (χ1n) is 6.82. The van der Waals surface area contributed by atoms with Crippen LogP contribution in [0.4, 0.5) is 5.69 Å². The molecule has 1 atom stereocenters. The lowest BCUT2D eigenvalue weighted by Gasteiger charge is -2.21. The van der Waals surface area contributed by atoms with Crippen molar-refractivity contribution < 1.29 is 4.79 Å². The van der Waals surface area contributed by atoms with Gasteiger partial charge in [-0.25, -0.2) is 0 Å². The van der Waals surface area contributed by atoms with E-state index in [1.165, 1.54) is 6.42 Å². The van der Waals surface area contributed by atoms with E-state index in [1.807, 2.05) is 36.2 Å². The van der Waals surface area contributed by atoms with Gasteiger partial charge < -0.3 is 15.5 Å². The number of rotatable bonds is 4. The second-order valence-corrected chi connectivity index (χ2v) is 5.57. The number of anilines is 1. The van der Waals surface area contributed by atoms with E-state index in [0.717, 1.165) is 25.2 Å². The SMILES string of the molecule is CN1CCC(CN(C)C(=O)Cc2ccccc2N)C1. The lowest BCUT2D eigenvalue weighted by molar-refractivity contribution is -0.129. The van der Waals surface area contributed by atoms with E-state index >= 15 is 0 Å². The molecule has 1 aliphatic heterocycles. The van der Waals surface area contributed by atoms with Crippen molar-refractivity contribution in [1.82, 2.24) is 9.80 Å². The quantitative estimate of drug-likeness (QED) is 0.829. The molecule has 0 bridgehead atoms. The third kappa shape index (κ3) is 3.70. The van der Waals surface area contributed by atoms with Crippen LogP contribution in [-0.4, -0.2) is 49.4 Å². The average molecular weight is 261 g/mol. The molecule has 104 valence electrons. The topological polar surface area (TPSA) is 49.6 Å². The molecule has 1 saturated heterocycles. The Balaban J connectivity index is 1.87. The molecule has 1 aromatic carbocycles. The molecule has 0 saturated carbocycles. The molecular weight excluding hydrogens is 238 g/mol. The third-order valence-electron chi connectivity index (χ3n) is 3.84. The minimum atomic E-state index is 0.146. The fourth-order valence-corrected chi connectivity index (χ4v) is 2.66. The summed E-state index contributed by atoms with van der Waals surface area (Å²) in [7, 11) is 4.02. The van der Waals surface area contributed by atoms with Crippen molar-refractivity contribution in [2.75, 3.05) is 39.5 Å². The van der Waals surface area contributed by atoms with Gasteiger partial charge in [-0.2, -0.15) is 0 Å². The van der Waals surface area contributed by atoms with Crippen LogP contribution in [-0.2, 0) is 11.2 Å². The van der Waals surface area contributed by atoms with Gasteiger partial charge in [0.05, 0.1) is 6.42 Å². The predicted octanol–water partition coefficient (Wildman–Crippen LogP) is 1.22. The van der Waals surface area contributed by atoms with E-state index in [4.69, 9.17) is 5.73 Å². The van der Waals surface area contributed by atoms with Crippen LogP contribution in [0.2, 0.25) is 0 Å². The summed E-state index contributed by atoms with van der Waals surface area (Å²) in [6.45, 7) is 3.07. The number of nitrogens with zero attached hydrogens (tertiary/aromatic N) is 2. The molecule has 1 heterocycles. The lowest BCUT2D eigenvalue weighted by Crippen LogP contribution is -2.34. The maximum atomic E-state index is 12.2. The summed E-state index contributed by atoms with van der Waals surface area (Å²) in [6, 6.07) is 7.57. The van der Waals surface area contributed by atoms with Gasteiger partial charge >= 0.3 is 0 Å². The number of likely N-dealkylation sites (N-methyl/N-ethyl adjacent to an activating group) is 1. The van der Waals surface area contributed by atoms with Gasteiger partial charge in [-0.3, -0.25) is 4.79 Å². The Kier molecular flexibility index (Phi) is 4.43. The number of likely N-dealkylation sites (tertiary alicyclic amines) is 1. The Morgan fingerprint density at radius 2 is 2.21 bits per heavy atom. The van der Waals surface area contributed by atoms with E-state index in [1.54, 1.807) is 0 Å². The molecular formula is C15H23N3O. The summed E-state index contributed by atoms with van der Waals surface area (Å²) in [5.41, 5.74) is 7.49. The second-order valence-electron chi connectivity index (χ2n) is 5.57. The molecule has 4 heteroatoms. The molecule has 0 aromatic heterocycles. The van der Waals surface area contributed by atoms with Crippen LogP contribution in [0.25, 0.3) is 0 Å². The zero-order chi connectivity index (χ0) is 13.8. The number of amides is 1. The fourth-order valence-electron chi connectivity index (χ4n) is 2.66. The van der Waals surface area contributed by atoms with Crippen molar-refractivity contribution in [3.05, 3.63) is 29.8 Å². The van der Waals surface area contributed by atoms with Gasteiger partial charge in [0.1, 0.15) is 0 Å². The smallest absolute Gasteiger partial charge is 0.226 e. The van der Waals surface area contributed by atoms with Crippen LogP contribution >= 0.6 is 0 Å². The predicted molar refractivity (Wildman–Crippen MR) is 77.8 cm³/mol. The Hall–Kier alpha value is -1.55. The lowest BCUT2D eigenvalue weighted by atomic mass is 10.1. The van der Waals surface area contributed by atoms with Crippen molar-refractivity contribution in [2.45, 2.75) is 12.8 Å². The van der Waals surface area contributed by atoms with E-state index in [2.05, 4.69) is 11.9 Å². The minimum Gasteiger partial charge on any atom is -0.398 e. The molecule has 1 amide bonds. The van der Waals surface area contributed by atoms with Crippen molar-refractivity contribution in [2.24, 2.45) is 5.92 Å². The average Bonchev–Trinajstić information content (AvgIpc) is 2.77. The minimum absolute atomic E-state index is 0.146. The number of benzene rings is 1. The van der Waals surface area contributed by atoms with Crippen molar-refractivity contribution >= 4 is 11.6 Å². The van der Waals surface area contributed by atoms with E-state index < -0.39 is 0 Å². The van der Waals surface area contributed by atoms with Gasteiger partial charge in [0, 0.05) is 25.8 Å². The highest BCUT2D eigenvalue weighted by molar-refractivity contribution is 5.80. The molecule has 1 aliphatic rings. The summed E-state index contributed by atoms with van der Waals surface area (Å²) in [5.74, 6) is 0.750. The maximum Gasteiger partial charge on any atom is 0.226 e. The van der Waals surface area contributed by atoms with Crippen molar-refractivity contribution in [3.8, 4) is 0 Å². The van der Waals surface area contributed by atoms with Crippen LogP contribution in [0, 0.1) is 5.92 Å². The molecule has 2 rings (SSSR count). The number of nitrogens with two attached hydrogens (primary N) is 1. The zero-order valence-electron chi connectivity index (χ0n) is 11.8. The highest BCUT2D eigenvalue weighted by atomic mass is 16.2. The number of carbonyl (C=O) groups is 1. The second kappa shape index (κ2) is 6.06. The van der Waals surface area contributed by atoms with E-state index in [9.17, 15) is 4.79 Å². The van der Waals surface area contributed by atoms with Gasteiger partial charge in [-0.1, -0.05) is 18.2 Å². The number of nitrogen functional groups attached to an aromatic ring is 1. The normalized spacial score (nSPS) is 19.6. The fraction of sp³-hybridized carbons (Fsp3) is 0.533. The largest absolute Gasteiger partial charge is 0.398 e. The zero-order valence-corrected chi connectivity index (χ0v) is 11.8. The third-order valence-corrected chi connectivity index (χ3v) is 3.84. The van der Waals surface area contributed by atoms with E-state index in [0.29, 0.717) is 18.0 Å². The maximum absolute atomic E-state index is 12.2. The molecule has 19 heavy (non-hydrogen) atoms. The Bertz CT molecular complexity index is 447. The highest BCUT2D eigenvalue weighted by Crippen LogP contribution is 2.16. The molecule has 1 fully saturated rings. The molecule has 4 nitrogen and oxygen atoms in total. The Morgan fingerprint density at radius 3 is 2.84 bits per heavy atom. The molecule has 0 aliphatic carbocycles. The molecule has 0 spiro atoms. The number of hydrogen-bond acceptors (Lipinski definition) is 3. The number of carbonyl (C=O) groups excluding carboxylic acids is 1. The van der Waals surface area contributed by atoms with Crippen LogP contribution < -0.4 is 5.73 Å². The summed E-state index contributed by atoms with van der Waals surface area (Å²) in [4.78, 5) is 16.4. The monoisotopic (exact) mass is 261 g/mol. The Morgan fingerprint density at radius 1 is 1.47 bits per heavy atom. The summed E-state index contributed by atoms with van der Waals surface area (Å²) in [6.07, 6.45) is 1.58. The standard InChI is InChI=1S/C15H23N3O/c1-17-8-7-12(10-17)11-18(2)15(19)9-13-5-3-4-6-14(13)16/h3-6,12H,7-11,16H2,1-2H3. The number of hydrogen-bond donors (Lipinski definition) is 1. The van der Waals surface area contributed by atoms with Gasteiger partial charge in [0.25, 0.3) is 0 Å². The van der Waals surface area contributed by atoms with Crippen LogP contribution in [0.1, 0.15) is 12.0 Å².